The fourth-order valence-corrected chi connectivity index (χ4v) is 2.07. The van der Waals surface area contributed by atoms with Crippen molar-refractivity contribution in [3.8, 4) is 0 Å². The fourth-order valence-electron chi connectivity index (χ4n) is 0.809. The summed E-state index contributed by atoms with van der Waals surface area (Å²) in [5.41, 5.74) is 0. The maximum atomic E-state index is 10.6. The average Bonchev–Trinajstić information content (AvgIpc) is 2.17. The lowest BCUT2D eigenvalue weighted by Crippen LogP contribution is -2.10. The lowest BCUT2D eigenvalue weighted by Gasteiger charge is -2.00. The van der Waals surface area contributed by atoms with E-state index in [2.05, 4.69) is 8.67 Å². The highest BCUT2D eigenvalue weighted by Crippen LogP contribution is 2.03. The molecule has 2 N–H and O–H groups in total. The Kier molecular flexibility index (Phi) is 6.24. The van der Waals surface area contributed by atoms with Gasteiger partial charge in [-0.2, -0.15) is 16.8 Å². The predicted molar refractivity (Wildman–Crippen MR) is 48.9 cm³/mol. The van der Waals surface area contributed by atoms with Crippen LogP contribution in [0.1, 0.15) is 19.3 Å². The second-order valence-corrected chi connectivity index (χ2v) is 6.08. The van der Waals surface area contributed by atoms with Gasteiger partial charge in [-0.15, -0.1) is 8.67 Å². The van der Waals surface area contributed by atoms with Gasteiger partial charge in [-0.05, 0) is 12.8 Å². The molecular formula is C5H12O8S2. The lowest BCUT2D eigenvalue weighted by atomic mass is 10.3. The van der Waals surface area contributed by atoms with Crippen LogP contribution in [0.5, 0.6) is 0 Å². The topological polar surface area (TPSA) is 127 Å². The minimum Gasteiger partial charge on any atom is -0.235 e. The molecule has 0 aromatic carbocycles. The molecule has 8 nitrogen and oxygen atoms in total. The van der Waals surface area contributed by atoms with Crippen molar-refractivity contribution in [3.05, 3.63) is 0 Å². The third-order valence-corrected chi connectivity index (χ3v) is 3.55. The Balaban J connectivity index is 3.66. The number of rotatable bonds is 8. The van der Waals surface area contributed by atoms with Gasteiger partial charge in [-0.1, -0.05) is 6.42 Å². The van der Waals surface area contributed by atoms with Crippen LogP contribution in [0.3, 0.4) is 0 Å². The molecule has 0 aromatic rings. The second-order valence-electron chi connectivity index (χ2n) is 2.73. The molecule has 0 fully saturated rings. The van der Waals surface area contributed by atoms with Gasteiger partial charge in [0.2, 0.25) is 0 Å². The Morgan fingerprint density at radius 2 is 1.07 bits per heavy atom. The quantitative estimate of drug-likeness (QED) is 0.350. The first kappa shape index (κ1) is 14.7. The van der Waals surface area contributed by atoms with E-state index in [-0.39, 0.29) is 19.3 Å². The van der Waals surface area contributed by atoms with Crippen LogP contribution in [-0.2, 0) is 28.9 Å². The van der Waals surface area contributed by atoms with Crippen molar-refractivity contribution in [2.45, 2.75) is 19.3 Å². The molecule has 92 valence electrons. The third-order valence-electron chi connectivity index (χ3n) is 1.52. The van der Waals surface area contributed by atoms with Gasteiger partial charge < -0.3 is 0 Å². The van der Waals surface area contributed by atoms with Crippen LogP contribution >= 0.6 is 0 Å². The van der Waals surface area contributed by atoms with Gasteiger partial charge in [0.15, 0.2) is 0 Å². The first-order valence-corrected chi connectivity index (χ1v) is 7.10. The Hall–Kier alpha value is -0.260. The Morgan fingerprint density at radius 1 is 0.733 bits per heavy atom. The van der Waals surface area contributed by atoms with E-state index in [4.69, 9.17) is 10.5 Å². The first-order chi connectivity index (χ1) is 6.83. The number of hydrogen-bond donors (Lipinski definition) is 2. The summed E-state index contributed by atoms with van der Waals surface area (Å²) in [5, 5.41) is 15.8. The van der Waals surface area contributed by atoms with Crippen molar-refractivity contribution in [3.63, 3.8) is 0 Å². The summed E-state index contributed by atoms with van der Waals surface area (Å²) in [6.45, 7) is 0. The SMILES string of the molecule is O=S(=O)(CCCCCS(=O)(=O)OO)OO. The second kappa shape index (κ2) is 6.35. The maximum absolute atomic E-state index is 10.6. The van der Waals surface area contributed by atoms with Crippen LogP contribution in [-0.4, -0.2) is 38.9 Å². The molecule has 0 atom stereocenters. The number of unbranched alkanes of at least 4 members (excludes halogenated alkanes) is 2. The zero-order valence-electron chi connectivity index (χ0n) is 7.70. The normalized spacial score (nSPS) is 12.9. The molecule has 0 aromatic heterocycles. The van der Waals surface area contributed by atoms with Gasteiger partial charge in [-0.3, -0.25) is 0 Å². The van der Waals surface area contributed by atoms with Gasteiger partial charge in [0.05, 0.1) is 11.5 Å². The van der Waals surface area contributed by atoms with E-state index in [0.29, 0.717) is 0 Å². The largest absolute Gasteiger partial charge is 0.293 e. The van der Waals surface area contributed by atoms with Crippen molar-refractivity contribution >= 4 is 20.2 Å². The highest BCUT2D eigenvalue weighted by molar-refractivity contribution is 7.86. The zero-order chi connectivity index (χ0) is 11.9. The molecule has 0 radical (unpaired) electrons. The molecule has 0 bridgehead atoms. The molecule has 0 unspecified atom stereocenters. The van der Waals surface area contributed by atoms with E-state index >= 15 is 0 Å². The Morgan fingerprint density at radius 3 is 1.33 bits per heavy atom. The molecule has 10 heteroatoms. The van der Waals surface area contributed by atoms with E-state index in [1.54, 1.807) is 0 Å². The van der Waals surface area contributed by atoms with Crippen LogP contribution < -0.4 is 0 Å². The van der Waals surface area contributed by atoms with Gasteiger partial charge in [0.1, 0.15) is 0 Å². The van der Waals surface area contributed by atoms with E-state index in [0.717, 1.165) is 0 Å². The van der Waals surface area contributed by atoms with Gasteiger partial charge in [0.25, 0.3) is 20.2 Å². The van der Waals surface area contributed by atoms with Crippen molar-refractivity contribution < 1.29 is 36.0 Å². The molecule has 0 rings (SSSR count). The van der Waals surface area contributed by atoms with Crippen molar-refractivity contribution in [2.24, 2.45) is 0 Å². The summed E-state index contributed by atoms with van der Waals surface area (Å²) >= 11 is 0. The van der Waals surface area contributed by atoms with Crippen LogP contribution in [0.2, 0.25) is 0 Å². The molecule has 0 spiro atoms. The molecule has 0 heterocycles. The van der Waals surface area contributed by atoms with Crippen LogP contribution in [0, 0.1) is 0 Å². The van der Waals surface area contributed by atoms with Gasteiger partial charge in [-0.25, -0.2) is 10.5 Å². The standard InChI is InChI=1S/C5H12O8S2/c6-12-14(8,9)4-2-1-3-5-15(10,11)13-7/h6-7H,1-5H2. The maximum Gasteiger partial charge on any atom is 0.293 e. The summed E-state index contributed by atoms with van der Waals surface area (Å²) in [6, 6.07) is 0. The van der Waals surface area contributed by atoms with E-state index < -0.39 is 31.7 Å². The number of hydrogen-bond acceptors (Lipinski definition) is 8. The first-order valence-electron chi connectivity index (χ1n) is 3.94. The van der Waals surface area contributed by atoms with Crippen molar-refractivity contribution in [1.29, 1.82) is 0 Å². The van der Waals surface area contributed by atoms with Gasteiger partial charge >= 0.3 is 0 Å². The summed E-state index contributed by atoms with van der Waals surface area (Å²) in [5.74, 6) is -0.799. The summed E-state index contributed by atoms with van der Waals surface area (Å²) < 4.78 is 48.6. The highest BCUT2D eigenvalue weighted by Gasteiger charge is 2.12. The molecule has 0 aliphatic carbocycles. The zero-order valence-corrected chi connectivity index (χ0v) is 9.33. The summed E-state index contributed by atoms with van der Waals surface area (Å²) in [4.78, 5) is 0. The molecule has 0 aliphatic rings. The minimum atomic E-state index is -3.92. The molecule has 15 heavy (non-hydrogen) atoms. The lowest BCUT2D eigenvalue weighted by molar-refractivity contribution is -0.130. The van der Waals surface area contributed by atoms with Gasteiger partial charge in [0, 0.05) is 0 Å². The van der Waals surface area contributed by atoms with Crippen molar-refractivity contribution in [1.82, 2.24) is 0 Å². The molecular weight excluding hydrogens is 252 g/mol. The molecule has 0 saturated heterocycles. The molecule has 0 amide bonds. The predicted octanol–water partition coefficient (Wildman–Crippen LogP) is -0.204. The van der Waals surface area contributed by atoms with E-state index in [1.807, 2.05) is 0 Å². The van der Waals surface area contributed by atoms with E-state index in [9.17, 15) is 16.8 Å². The molecule has 0 saturated carbocycles. The molecule has 0 aliphatic heterocycles. The van der Waals surface area contributed by atoms with Crippen LogP contribution in [0.4, 0.5) is 0 Å². The third kappa shape index (κ3) is 7.64. The smallest absolute Gasteiger partial charge is 0.235 e. The highest BCUT2D eigenvalue weighted by atomic mass is 32.2. The van der Waals surface area contributed by atoms with Crippen LogP contribution in [0.15, 0.2) is 0 Å². The Bertz CT molecular complexity index is 318. The fraction of sp³-hybridized carbons (Fsp3) is 1.00. The van der Waals surface area contributed by atoms with E-state index in [1.165, 1.54) is 0 Å². The Labute approximate surface area is 87.5 Å². The summed E-state index contributed by atoms with van der Waals surface area (Å²) in [7, 11) is -7.83. The monoisotopic (exact) mass is 264 g/mol. The summed E-state index contributed by atoms with van der Waals surface area (Å²) in [6.07, 6.45) is 0.568. The van der Waals surface area contributed by atoms with Crippen LogP contribution in [0.25, 0.3) is 0 Å². The minimum absolute atomic E-state index is 0.143. The average molecular weight is 264 g/mol. The van der Waals surface area contributed by atoms with Crippen molar-refractivity contribution in [2.75, 3.05) is 11.5 Å².